The van der Waals surface area contributed by atoms with Crippen LogP contribution < -0.4 is 0 Å². The number of carbonyl (C=O) groups is 1. The van der Waals surface area contributed by atoms with Gasteiger partial charge in [-0.25, -0.2) is 8.98 Å². The number of likely N-dealkylation sites (tertiary alicyclic amines) is 1. The van der Waals surface area contributed by atoms with Crippen LogP contribution in [0.4, 0.5) is 4.79 Å². The molecular weight excluding hydrogens is 374 g/mol. The van der Waals surface area contributed by atoms with Gasteiger partial charge in [-0.2, -0.15) is 8.42 Å². The van der Waals surface area contributed by atoms with Gasteiger partial charge in [0.05, 0.1) is 12.4 Å². The lowest BCUT2D eigenvalue weighted by Gasteiger charge is -2.40. The summed E-state index contributed by atoms with van der Waals surface area (Å²) in [5.74, 6) is -0.100. The number of ether oxygens (including phenoxy) is 1. The highest BCUT2D eigenvalue weighted by molar-refractivity contribution is 7.86. The average molecular weight is 410 g/mol. The van der Waals surface area contributed by atoms with Gasteiger partial charge in [-0.05, 0) is 46.2 Å². The van der Waals surface area contributed by atoms with Crippen LogP contribution in [-0.2, 0) is 23.5 Å². The maximum absolute atomic E-state index is 12.9. The Morgan fingerprint density at radius 2 is 1.65 bits per heavy atom. The molecule has 0 saturated carbocycles. The third-order valence-electron chi connectivity index (χ3n) is 4.27. The largest absolute Gasteiger partial charge is 0.444 e. The predicted molar refractivity (Wildman–Crippen MR) is 104 cm³/mol. The highest BCUT2D eigenvalue weighted by Gasteiger charge is 2.60. The lowest BCUT2D eigenvalue weighted by atomic mass is 9.77. The van der Waals surface area contributed by atoms with E-state index in [-0.39, 0.29) is 11.3 Å². The molecule has 7 nitrogen and oxygen atoms in total. The second-order valence-electron chi connectivity index (χ2n) is 9.51. The first-order chi connectivity index (χ1) is 11.4. The third kappa shape index (κ3) is 5.93. The van der Waals surface area contributed by atoms with E-state index in [1.54, 1.807) is 27.7 Å². The molecule has 1 aliphatic heterocycles. The summed E-state index contributed by atoms with van der Waals surface area (Å²) < 4.78 is 41.2. The van der Waals surface area contributed by atoms with Crippen LogP contribution in [0.1, 0.15) is 48.5 Å². The SMILES string of the molecule is C[SiH](C)OC1[C@@H](C(C)(C)C)CN(C(=O)OC(C)(C)C)[C@@]1(C)OS(C)(=O)=O. The summed E-state index contributed by atoms with van der Waals surface area (Å²) >= 11 is 0. The second-order valence-corrected chi connectivity index (χ2v) is 13.5. The van der Waals surface area contributed by atoms with Crippen molar-refractivity contribution in [1.29, 1.82) is 0 Å². The van der Waals surface area contributed by atoms with E-state index in [2.05, 4.69) is 20.8 Å². The topological polar surface area (TPSA) is 82.1 Å². The fraction of sp³-hybridized carbons (Fsp3) is 0.941. The Morgan fingerprint density at radius 3 is 2.00 bits per heavy atom. The summed E-state index contributed by atoms with van der Waals surface area (Å²) in [6.07, 6.45) is -0.175. The lowest BCUT2D eigenvalue weighted by molar-refractivity contribution is -0.102. The van der Waals surface area contributed by atoms with Gasteiger partial charge in [-0.1, -0.05) is 20.8 Å². The highest BCUT2D eigenvalue weighted by Crippen LogP contribution is 2.46. The van der Waals surface area contributed by atoms with Gasteiger partial charge >= 0.3 is 6.09 Å². The number of rotatable bonds is 4. The Kier molecular flexibility index (Phi) is 6.66. The summed E-state index contributed by atoms with van der Waals surface area (Å²) in [5, 5.41) is 0. The lowest BCUT2D eigenvalue weighted by Crippen LogP contribution is -2.56. The van der Waals surface area contributed by atoms with E-state index in [1.165, 1.54) is 4.90 Å². The van der Waals surface area contributed by atoms with Crippen LogP contribution >= 0.6 is 0 Å². The molecule has 0 N–H and O–H groups in total. The van der Waals surface area contributed by atoms with E-state index < -0.39 is 42.7 Å². The third-order valence-corrected chi connectivity index (χ3v) is 5.75. The molecule has 26 heavy (non-hydrogen) atoms. The molecule has 154 valence electrons. The number of nitrogens with zero attached hydrogens (tertiary/aromatic N) is 1. The number of hydrogen-bond acceptors (Lipinski definition) is 6. The minimum atomic E-state index is -3.83. The van der Waals surface area contributed by atoms with Gasteiger partial charge in [0.1, 0.15) is 5.60 Å². The molecular formula is C17H35NO6SSi. The maximum Gasteiger partial charge on any atom is 0.412 e. The zero-order chi connectivity index (χ0) is 20.7. The Balaban J connectivity index is 3.43. The van der Waals surface area contributed by atoms with Crippen LogP contribution in [0.15, 0.2) is 0 Å². The van der Waals surface area contributed by atoms with Crippen molar-refractivity contribution in [2.24, 2.45) is 11.3 Å². The van der Waals surface area contributed by atoms with Crippen molar-refractivity contribution in [3.05, 3.63) is 0 Å². The first-order valence-electron chi connectivity index (χ1n) is 8.93. The zero-order valence-corrected chi connectivity index (χ0v) is 19.7. The summed E-state index contributed by atoms with van der Waals surface area (Å²) in [4.78, 5) is 14.2. The van der Waals surface area contributed by atoms with Crippen molar-refractivity contribution in [2.75, 3.05) is 12.8 Å². The van der Waals surface area contributed by atoms with Crippen LogP contribution in [0, 0.1) is 11.3 Å². The summed E-state index contributed by atoms with van der Waals surface area (Å²) in [5.41, 5.74) is -2.37. The molecule has 0 bridgehead atoms. The van der Waals surface area contributed by atoms with E-state index in [1.807, 2.05) is 13.1 Å². The molecule has 0 aromatic carbocycles. The maximum atomic E-state index is 12.9. The van der Waals surface area contributed by atoms with Crippen LogP contribution in [0.5, 0.6) is 0 Å². The molecule has 0 aliphatic carbocycles. The van der Waals surface area contributed by atoms with Gasteiger partial charge in [0.15, 0.2) is 14.8 Å². The fourth-order valence-corrected chi connectivity index (χ4v) is 5.04. The first-order valence-corrected chi connectivity index (χ1v) is 13.5. The first kappa shape index (κ1) is 23.4. The molecule has 1 saturated heterocycles. The van der Waals surface area contributed by atoms with E-state index in [0.29, 0.717) is 6.54 Å². The number of hydrogen-bond donors (Lipinski definition) is 0. The van der Waals surface area contributed by atoms with E-state index in [4.69, 9.17) is 13.3 Å². The number of amides is 1. The Bertz CT molecular complexity index is 622. The molecule has 9 heteroatoms. The fourth-order valence-electron chi connectivity index (χ4n) is 3.21. The molecule has 1 unspecified atom stereocenters. The summed E-state index contributed by atoms with van der Waals surface area (Å²) in [6, 6.07) is 0. The predicted octanol–water partition coefficient (Wildman–Crippen LogP) is 2.96. The van der Waals surface area contributed by atoms with E-state index >= 15 is 0 Å². The Morgan fingerprint density at radius 1 is 1.15 bits per heavy atom. The Hall–Kier alpha value is -0.643. The van der Waals surface area contributed by atoms with E-state index in [0.717, 1.165) is 6.26 Å². The molecule has 0 radical (unpaired) electrons. The molecule has 0 aromatic heterocycles. The molecule has 1 aliphatic rings. The van der Waals surface area contributed by atoms with Gasteiger partial charge in [-0.3, -0.25) is 4.90 Å². The molecule has 1 amide bonds. The quantitative estimate of drug-likeness (QED) is 0.524. The van der Waals surface area contributed by atoms with Crippen LogP contribution in [0.25, 0.3) is 0 Å². The zero-order valence-electron chi connectivity index (χ0n) is 17.7. The van der Waals surface area contributed by atoms with Crippen molar-refractivity contribution in [2.45, 2.75) is 79.0 Å². The minimum Gasteiger partial charge on any atom is -0.444 e. The monoisotopic (exact) mass is 409 g/mol. The second kappa shape index (κ2) is 7.41. The van der Waals surface area contributed by atoms with Crippen molar-refractivity contribution >= 4 is 25.3 Å². The molecule has 3 atom stereocenters. The van der Waals surface area contributed by atoms with Gasteiger partial charge in [0, 0.05) is 12.5 Å². The molecule has 0 aromatic rings. The standard InChI is InChI=1S/C17H35NO6SSi/c1-15(2,3)12-11-18(14(19)22-16(4,5)6)17(7,24-25(8,20)21)13(12)23-26(9)10/h12-13,26H,11H2,1-10H3/t12-,13?,17-/m0/s1. The molecule has 1 fully saturated rings. The van der Waals surface area contributed by atoms with Crippen molar-refractivity contribution < 1.29 is 26.6 Å². The van der Waals surface area contributed by atoms with Crippen LogP contribution in [-0.4, -0.2) is 58.7 Å². The summed E-state index contributed by atoms with van der Waals surface area (Å²) in [7, 11) is -5.37. The highest BCUT2D eigenvalue weighted by atomic mass is 32.2. The van der Waals surface area contributed by atoms with Crippen molar-refractivity contribution in [3.8, 4) is 0 Å². The Labute approximate surface area is 160 Å². The van der Waals surface area contributed by atoms with Crippen molar-refractivity contribution in [3.63, 3.8) is 0 Å². The van der Waals surface area contributed by atoms with Gasteiger partial charge in [0.2, 0.25) is 0 Å². The van der Waals surface area contributed by atoms with Gasteiger partial charge in [-0.15, -0.1) is 0 Å². The van der Waals surface area contributed by atoms with Crippen LogP contribution in [0.3, 0.4) is 0 Å². The number of carbonyl (C=O) groups excluding carboxylic acids is 1. The molecule has 1 rings (SSSR count). The molecule has 1 heterocycles. The smallest absolute Gasteiger partial charge is 0.412 e. The normalized spacial score (nSPS) is 27.9. The summed E-state index contributed by atoms with van der Waals surface area (Å²) in [6.45, 7) is 17.4. The minimum absolute atomic E-state index is 0.100. The van der Waals surface area contributed by atoms with Crippen molar-refractivity contribution in [1.82, 2.24) is 4.90 Å². The van der Waals surface area contributed by atoms with Crippen LogP contribution in [0.2, 0.25) is 13.1 Å². The van der Waals surface area contributed by atoms with Gasteiger partial charge in [0.25, 0.3) is 10.1 Å². The van der Waals surface area contributed by atoms with Gasteiger partial charge < -0.3 is 9.16 Å². The average Bonchev–Trinajstić information content (AvgIpc) is 2.57. The van der Waals surface area contributed by atoms with E-state index in [9.17, 15) is 13.2 Å². The molecule has 0 spiro atoms.